The molecule has 0 aliphatic rings. The predicted molar refractivity (Wildman–Crippen MR) is 76.1 cm³/mol. The molecular formula is C15H9N3O3. The van der Waals surface area contributed by atoms with Crippen LogP contribution in [0.4, 0.5) is 5.69 Å². The smallest absolute Gasteiger partial charge is 0.269 e. The van der Waals surface area contributed by atoms with E-state index < -0.39 is 4.92 Å². The highest BCUT2D eigenvalue weighted by molar-refractivity contribution is 6.14. The van der Waals surface area contributed by atoms with Crippen molar-refractivity contribution in [3.05, 3.63) is 76.2 Å². The number of carbonyl (C=O) groups is 1. The summed E-state index contributed by atoms with van der Waals surface area (Å²) < 4.78 is 0. The van der Waals surface area contributed by atoms with Gasteiger partial charge in [0.1, 0.15) is 12.0 Å². The zero-order chi connectivity index (χ0) is 14.8. The number of nitro benzene ring substituents is 1. The van der Waals surface area contributed by atoms with Gasteiger partial charge in [-0.15, -0.1) is 0 Å². The molecule has 2 aromatic carbocycles. The lowest BCUT2D eigenvalue weighted by atomic mass is 10.0. The van der Waals surface area contributed by atoms with E-state index in [2.05, 4.69) is 9.97 Å². The van der Waals surface area contributed by atoms with E-state index in [1.165, 1.54) is 30.6 Å². The van der Waals surface area contributed by atoms with Crippen LogP contribution in [0.2, 0.25) is 0 Å². The van der Waals surface area contributed by atoms with E-state index in [4.69, 9.17) is 0 Å². The fraction of sp³-hybridized carbons (Fsp3) is 0. The second-order valence-electron chi connectivity index (χ2n) is 4.37. The first-order valence-electron chi connectivity index (χ1n) is 6.16. The van der Waals surface area contributed by atoms with Gasteiger partial charge in [0.15, 0.2) is 0 Å². The number of hydrogen-bond acceptors (Lipinski definition) is 5. The van der Waals surface area contributed by atoms with Crippen molar-refractivity contribution in [2.24, 2.45) is 0 Å². The zero-order valence-electron chi connectivity index (χ0n) is 10.8. The molecule has 0 bridgehead atoms. The van der Waals surface area contributed by atoms with Crippen molar-refractivity contribution >= 4 is 22.4 Å². The fourth-order valence-electron chi connectivity index (χ4n) is 2.06. The van der Waals surface area contributed by atoms with Crippen molar-refractivity contribution in [1.29, 1.82) is 0 Å². The maximum Gasteiger partial charge on any atom is 0.269 e. The van der Waals surface area contributed by atoms with Crippen LogP contribution in [0.3, 0.4) is 0 Å². The minimum Gasteiger partial charge on any atom is -0.287 e. The van der Waals surface area contributed by atoms with Crippen molar-refractivity contribution in [2.45, 2.75) is 0 Å². The van der Waals surface area contributed by atoms with Crippen LogP contribution in [0.25, 0.3) is 10.9 Å². The molecule has 0 radical (unpaired) electrons. The first-order valence-corrected chi connectivity index (χ1v) is 6.16. The third kappa shape index (κ3) is 2.34. The van der Waals surface area contributed by atoms with Crippen LogP contribution in [-0.4, -0.2) is 20.7 Å². The largest absolute Gasteiger partial charge is 0.287 e. The van der Waals surface area contributed by atoms with E-state index in [-0.39, 0.29) is 17.2 Å². The number of nitro groups is 1. The number of non-ortho nitro benzene ring substituents is 1. The van der Waals surface area contributed by atoms with Gasteiger partial charge in [-0.1, -0.05) is 18.2 Å². The molecule has 0 spiro atoms. The number of carbonyl (C=O) groups excluding carboxylic acids is 1. The molecule has 0 atom stereocenters. The highest BCUT2D eigenvalue weighted by Crippen LogP contribution is 2.19. The molecule has 3 rings (SSSR count). The third-order valence-corrected chi connectivity index (χ3v) is 3.10. The summed E-state index contributed by atoms with van der Waals surface area (Å²) in [7, 11) is 0. The Bertz CT molecular complexity index is 839. The summed E-state index contributed by atoms with van der Waals surface area (Å²) in [5.41, 5.74) is 1.26. The van der Waals surface area contributed by atoms with Gasteiger partial charge >= 0.3 is 0 Å². The number of aromatic nitrogens is 2. The highest BCUT2D eigenvalue weighted by atomic mass is 16.6. The summed E-state index contributed by atoms with van der Waals surface area (Å²) in [5, 5.41) is 11.3. The first kappa shape index (κ1) is 12.9. The molecule has 6 heteroatoms. The minimum absolute atomic E-state index is 0.0564. The predicted octanol–water partition coefficient (Wildman–Crippen LogP) is 2.77. The van der Waals surface area contributed by atoms with Gasteiger partial charge < -0.3 is 0 Å². The lowest BCUT2D eigenvalue weighted by Gasteiger charge is -2.04. The summed E-state index contributed by atoms with van der Waals surface area (Å²) >= 11 is 0. The quantitative estimate of drug-likeness (QED) is 0.418. The van der Waals surface area contributed by atoms with Crippen molar-refractivity contribution in [3.8, 4) is 0 Å². The van der Waals surface area contributed by atoms with E-state index in [0.29, 0.717) is 16.5 Å². The second kappa shape index (κ2) is 5.09. The number of fused-ring (bicyclic) bond motifs is 1. The van der Waals surface area contributed by atoms with Crippen LogP contribution >= 0.6 is 0 Å². The molecule has 1 heterocycles. The van der Waals surface area contributed by atoms with Crippen LogP contribution in [0, 0.1) is 10.1 Å². The molecule has 1 aromatic heterocycles. The molecule has 3 aromatic rings. The summed E-state index contributed by atoms with van der Waals surface area (Å²) in [6.07, 6.45) is 1.33. The number of hydrogen-bond donors (Lipinski definition) is 0. The molecule has 6 nitrogen and oxygen atoms in total. The Kier molecular flexibility index (Phi) is 3.12. The van der Waals surface area contributed by atoms with Gasteiger partial charge in [0.2, 0.25) is 5.78 Å². The molecular weight excluding hydrogens is 270 g/mol. The van der Waals surface area contributed by atoms with Crippen molar-refractivity contribution in [2.75, 3.05) is 0 Å². The first-order chi connectivity index (χ1) is 10.2. The molecule has 21 heavy (non-hydrogen) atoms. The molecule has 0 N–H and O–H groups in total. The maximum atomic E-state index is 12.5. The Morgan fingerprint density at radius 2 is 1.71 bits per heavy atom. The van der Waals surface area contributed by atoms with Gasteiger partial charge in [-0.3, -0.25) is 14.9 Å². The SMILES string of the molecule is O=C(c1ccc([N+](=O)[O-])cc1)c1ncnc2ccccc12. The summed E-state index contributed by atoms with van der Waals surface area (Å²) in [5.74, 6) is -0.288. The van der Waals surface area contributed by atoms with Gasteiger partial charge in [0.25, 0.3) is 5.69 Å². The number of rotatable bonds is 3. The topological polar surface area (TPSA) is 86.0 Å². The van der Waals surface area contributed by atoms with Crippen molar-refractivity contribution in [3.63, 3.8) is 0 Å². The third-order valence-electron chi connectivity index (χ3n) is 3.10. The Balaban J connectivity index is 2.06. The minimum atomic E-state index is -0.506. The Hall–Kier alpha value is -3.15. The van der Waals surface area contributed by atoms with Gasteiger partial charge in [-0.25, -0.2) is 9.97 Å². The number of benzene rings is 2. The van der Waals surface area contributed by atoms with Gasteiger partial charge in [-0.2, -0.15) is 0 Å². The second-order valence-corrected chi connectivity index (χ2v) is 4.37. The standard InChI is InChI=1S/C15H9N3O3/c19-15(10-5-7-11(8-6-10)18(20)21)14-12-3-1-2-4-13(12)16-9-17-14/h1-9H. The monoisotopic (exact) mass is 279 g/mol. The Labute approximate surface area is 119 Å². The van der Waals surface area contributed by atoms with E-state index in [9.17, 15) is 14.9 Å². The van der Waals surface area contributed by atoms with E-state index in [0.717, 1.165) is 0 Å². The van der Waals surface area contributed by atoms with Gasteiger partial charge in [-0.05, 0) is 18.2 Å². The van der Waals surface area contributed by atoms with Crippen LogP contribution < -0.4 is 0 Å². The van der Waals surface area contributed by atoms with E-state index >= 15 is 0 Å². The Morgan fingerprint density at radius 1 is 1.00 bits per heavy atom. The average Bonchev–Trinajstić information content (AvgIpc) is 2.53. The van der Waals surface area contributed by atoms with Crippen LogP contribution in [0.15, 0.2) is 54.9 Å². The van der Waals surface area contributed by atoms with Crippen LogP contribution in [-0.2, 0) is 0 Å². The highest BCUT2D eigenvalue weighted by Gasteiger charge is 2.15. The van der Waals surface area contributed by atoms with Crippen molar-refractivity contribution in [1.82, 2.24) is 9.97 Å². The van der Waals surface area contributed by atoms with Crippen LogP contribution in [0.1, 0.15) is 16.1 Å². The molecule has 102 valence electrons. The van der Waals surface area contributed by atoms with E-state index in [1.54, 1.807) is 18.2 Å². The van der Waals surface area contributed by atoms with E-state index in [1.807, 2.05) is 6.07 Å². The van der Waals surface area contributed by atoms with Gasteiger partial charge in [0.05, 0.1) is 10.4 Å². The molecule has 0 saturated heterocycles. The van der Waals surface area contributed by atoms with Gasteiger partial charge in [0, 0.05) is 23.1 Å². The molecule has 0 saturated carbocycles. The number of para-hydroxylation sites is 1. The molecule has 0 fully saturated rings. The lowest BCUT2D eigenvalue weighted by molar-refractivity contribution is -0.384. The fourth-order valence-corrected chi connectivity index (χ4v) is 2.06. The molecule has 0 unspecified atom stereocenters. The van der Waals surface area contributed by atoms with Crippen molar-refractivity contribution < 1.29 is 9.72 Å². The zero-order valence-corrected chi connectivity index (χ0v) is 10.8. The maximum absolute atomic E-state index is 12.5. The summed E-state index contributed by atoms with van der Waals surface area (Å²) in [6.45, 7) is 0. The number of nitrogens with zero attached hydrogens (tertiary/aromatic N) is 3. The lowest BCUT2D eigenvalue weighted by Crippen LogP contribution is -2.05. The Morgan fingerprint density at radius 3 is 2.43 bits per heavy atom. The summed E-state index contributed by atoms with van der Waals surface area (Å²) in [4.78, 5) is 30.8. The van der Waals surface area contributed by atoms with Crippen LogP contribution in [0.5, 0.6) is 0 Å². The average molecular weight is 279 g/mol. The molecule has 0 aliphatic carbocycles. The summed E-state index contributed by atoms with van der Waals surface area (Å²) in [6, 6.07) is 12.7. The molecule has 0 aliphatic heterocycles. The number of ketones is 1. The normalized spacial score (nSPS) is 10.5. The molecule has 0 amide bonds.